The van der Waals surface area contributed by atoms with Crippen LogP contribution >= 0.6 is 0 Å². The van der Waals surface area contributed by atoms with Crippen LogP contribution in [0.2, 0.25) is 0 Å². The van der Waals surface area contributed by atoms with Crippen LogP contribution in [0.4, 0.5) is 5.82 Å². The smallest absolute Gasteiger partial charge is 0.277 e. The number of aryl methyl sites for hydroxylation is 1. The van der Waals surface area contributed by atoms with Crippen LogP contribution in [0.1, 0.15) is 35.9 Å². The highest BCUT2D eigenvalue weighted by atomic mass is 16.2. The minimum atomic E-state index is -0.301. The van der Waals surface area contributed by atoms with Crippen LogP contribution in [0.3, 0.4) is 0 Å². The summed E-state index contributed by atoms with van der Waals surface area (Å²) in [4.78, 5) is 26.1. The van der Waals surface area contributed by atoms with Crippen LogP contribution in [0.15, 0.2) is 55.2 Å². The molecule has 1 N–H and O–H groups in total. The first-order valence-corrected chi connectivity index (χ1v) is 8.78. The van der Waals surface area contributed by atoms with E-state index in [0.717, 1.165) is 16.8 Å². The fourth-order valence-electron chi connectivity index (χ4n) is 2.84. The van der Waals surface area contributed by atoms with Gasteiger partial charge in [0.05, 0.1) is 11.8 Å². The van der Waals surface area contributed by atoms with Crippen molar-refractivity contribution in [3.8, 4) is 11.5 Å². The van der Waals surface area contributed by atoms with Crippen molar-refractivity contribution in [1.82, 2.24) is 23.9 Å². The number of hydrogen-bond donors (Lipinski definition) is 1. The number of anilines is 1. The average Bonchev–Trinajstić information content (AvgIpc) is 3.28. The molecule has 7 nitrogen and oxygen atoms in total. The fraction of sp³-hybridized carbons (Fsp3) is 0.200. The summed E-state index contributed by atoms with van der Waals surface area (Å²) in [5.74, 6) is 0.824. The fourth-order valence-corrected chi connectivity index (χ4v) is 2.84. The number of hydrogen-bond acceptors (Lipinski definition) is 4. The van der Waals surface area contributed by atoms with E-state index in [-0.39, 0.29) is 5.91 Å². The first-order valence-electron chi connectivity index (χ1n) is 8.78. The van der Waals surface area contributed by atoms with E-state index in [1.54, 1.807) is 18.6 Å². The van der Waals surface area contributed by atoms with E-state index in [2.05, 4.69) is 34.1 Å². The molecule has 0 atom stereocenters. The predicted octanol–water partition coefficient (Wildman–Crippen LogP) is 3.73. The zero-order chi connectivity index (χ0) is 19.0. The highest BCUT2D eigenvalue weighted by molar-refractivity contribution is 6.07. The highest BCUT2D eigenvalue weighted by Crippen LogP contribution is 2.23. The van der Waals surface area contributed by atoms with Gasteiger partial charge < -0.3 is 9.88 Å². The summed E-state index contributed by atoms with van der Waals surface area (Å²) in [6.45, 7) is 6.12. The third kappa shape index (κ3) is 3.19. The molecule has 27 heavy (non-hydrogen) atoms. The van der Waals surface area contributed by atoms with Crippen molar-refractivity contribution in [3.05, 3.63) is 66.5 Å². The minimum Gasteiger partial charge on any atom is -0.334 e. The van der Waals surface area contributed by atoms with Crippen LogP contribution in [0.5, 0.6) is 0 Å². The SMILES string of the molecule is Cc1ccc(NC(=O)c2nc(-c3cn(C(C)C)cn3)n3ccccc23)nc1. The lowest BCUT2D eigenvalue weighted by Crippen LogP contribution is -2.13. The van der Waals surface area contributed by atoms with Crippen LogP contribution < -0.4 is 5.32 Å². The molecule has 0 fully saturated rings. The molecule has 4 heterocycles. The largest absolute Gasteiger partial charge is 0.334 e. The molecule has 0 aliphatic heterocycles. The number of aromatic nitrogens is 5. The van der Waals surface area contributed by atoms with E-state index in [9.17, 15) is 4.79 Å². The van der Waals surface area contributed by atoms with E-state index >= 15 is 0 Å². The standard InChI is InChI=1S/C20H20N6O/c1-13(2)25-11-15(22-12-25)19-24-18(16-6-4-5-9-26(16)19)20(27)23-17-8-7-14(3)10-21-17/h4-13H,1-3H3,(H,21,23,27). The second-order valence-electron chi connectivity index (χ2n) is 6.71. The minimum absolute atomic E-state index is 0.299. The Hall–Kier alpha value is -3.48. The topological polar surface area (TPSA) is 77.1 Å². The van der Waals surface area contributed by atoms with Gasteiger partial charge in [-0.1, -0.05) is 12.1 Å². The third-order valence-electron chi connectivity index (χ3n) is 4.34. The Morgan fingerprint density at radius 2 is 2.00 bits per heavy atom. The number of amides is 1. The van der Waals surface area contributed by atoms with Gasteiger partial charge in [-0.15, -0.1) is 0 Å². The average molecular weight is 360 g/mol. The molecule has 1 amide bonds. The molecule has 0 aromatic carbocycles. The maximum atomic E-state index is 12.8. The molecular formula is C20H20N6O. The van der Waals surface area contributed by atoms with Crippen molar-refractivity contribution in [2.75, 3.05) is 5.32 Å². The van der Waals surface area contributed by atoms with Gasteiger partial charge in [-0.05, 0) is 44.5 Å². The second-order valence-corrected chi connectivity index (χ2v) is 6.71. The van der Waals surface area contributed by atoms with Gasteiger partial charge in [-0.25, -0.2) is 15.0 Å². The number of nitrogens with zero attached hydrogens (tertiary/aromatic N) is 5. The lowest BCUT2D eigenvalue weighted by Gasteiger charge is -2.03. The molecule has 0 spiro atoms. The zero-order valence-corrected chi connectivity index (χ0v) is 15.4. The van der Waals surface area contributed by atoms with Gasteiger partial charge in [0, 0.05) is 24.6 Å². The predicted molar refractivity (Wildman–Crippen MR) is 104 cm³/mol. The Morgan fingerprint density at radius 1 is 1.15 bits per heavy atom. The molecule has 0 bridgehead atoms. The zero-order valence-electron chi connectivity index (χ0n) is 15.4. The number of carbonyl (C=O) groups is 1. The first kappa shape index (κ1) is 17.0. The summed E-state index contributed by atoms with van der Waals surface area (Å²) >= 11 is 0. The molecule has 0 aliphatic carbocycles. The Bertz CT molecular complexity index is 1110. The summed E-state index contributed by atoms with van der Waals surface area (Å²) < 4.78 is 3.89. The van der Waals surface area contributed by atoms with Gasteiger partial charge >= 0.3 is 0 Å². The molecule has 4 rings (SSSR count). The van der Waals surface area contributed by atoms with E-state index < -0.39 is 0 Å². The van der Waals surface area contributed by atoms with Gasteiger partial charge in [0.2, 0.25) is 0 Å². The van der Waals surface area contributed by atoms with E-state index in [1.807, 2.05) is 52.6 Å². The Kier molecular flexibility index (Phi) is 4.19. The summed E-state index contributed by atoms with van der Waals surface area (Å²) in [7, 11) is 0. The molecule has 0 radical (unpaired) electrons. The molecule has 0 unspecified atom stereocenters. The number of nitrogens with one attached hydrogen (secondary N) is 1. The molecular weight excluding hydrogens is 340 g/mol. The molecule has 0 aliphatic rings. The van der Waals surface area contributed by atoms with Crippen LogP contribution in [-0.4, -0.2) is 29.8 Å². The van der Waals surface area contributed by atoms with E-state index in [0.29, 0.717) is 23.4 Å². The van der Waals surface area contributed by atoms with Crippen LogP contribution in [-0.2, 0) is 0 Å². The van der Waals surface area contributed by atoms with Crippen molar-refractivity contribution in [3.63, 3.8) is 0 Å². The molecule has 0 saturated carbocycles. The monoisotopic (exact) mass is 360 g/mol. The summed E-state index contributed by atoms with van der Waals surface area (Å²) in [6, 6.07) is 9.63. The summed E-state index contributed by atoms with van der Waals surface area (Å²) in [5, 5.41) is 2.81. The Morgan fingerprint density at radius 3 is 2.70 bits per heavy atom. The quantitative estimate of drug-likeness (QED) is 0.601. The number of fused-ring (bicyclic) bond motifs is 1. The Balaban J connectivity index is 1.75. The van der Waals surface area contributed by atoms with Gasteiger partial charge in [0.15, 0.2) is 11.5 Å². The maximum absolute atomic E-state index is 12.8. The van der Waals surface area contributed by atoms with Crippen LogP contribution in [0.25, 0.3) is 17.0 Å². The van der Waals surface area contributed by atoms with Crippen LogP contribution in [0, 0.1) is 6.92 Å². The van der Waals surface area contributed by atoms with Crippen molar-refractivity contribution < 1.29 is 4.79 Å². The van der Waals surface area contributed by atoms with Gasteiger partial charge in [-0.3, -0.25) is 9.20 Å². The molecule has 136 valence electrons. The molecule has 0 saturated heterocycles. The highest BCUT2D eigenvalue weighted by Gasteiger charge is 2.20. The first-order chi connectivity index (χ1) is 13.0. The number of rotatable bonds is 4. The molecule has 7 heteroatoms. The lowest BCUT2D eigenvalue weighted by molar-refractivity contribution is 0.102. The normalized spacial score (nSPS) is 11.3. The van der Waals surface area contributed by atoms with Crippen molar-refractivity contribution in [1.29, 1.82) is 0 Å². The lowest BCUT2D eigenvalue weighted by atomic mass is 10.3. The summed E-state index contributed by atoms with van der Waals surface area (Å²) in [5.41, 5.74) is 2.81. The van der Waals surface area contributed by atoms with E-state index in [1.165, 1.54) is 0 Å². The maximum Gasteiger partial charge on any atom is 0.277 e. The molecule has 4 aromatic rings. The second kappa shape index (κ2) is 6.68. The third-order valence-corrected chi connectivity index (χ3v) is 4.34. The van der Waals surface area contributed by atoms with Crippen molar-refractivity contribution in [2.45, 2.75) is 26.8 Å². The Labute approximate surface area is 156 Å². The van der Waals surface area contributed by atoms with Gasteiger partial charge in [0.25, 0.3) is 5.91 Å². The van der Waals surface area contributed by atoms with Gasteiger partial charge in [-0.2, -0.15) is 0 Å². The van der Waals surface area contributed by atoms with Gasteiger partial charge in [0.1, 0.15) is 11.5 Å². The molecule has 4 aromatic heterocycles. The number of carbonyl (C=O) groups excluding carboxylic acids is 1. The number of imidazole rings is 2. The number of pyridine rings is 2. The van der Waals surface area contributed by atoms with Crippen molar-refractivity contribution >= 4 is 17.2 Å². The van der Waals surface area contributed by atoms with Crippen molar-refractivity contribution in [2.24, 2.45) is 0 Å². The van der Waals surface area contributed by atoms with E-state index in [4.69, 9.17) is 0 Å². The summed E-state index contributed by atoms with van der Waals surface area (Å²) in [6.07, 6.45) is 7.31.